The van der Waals surface area contributed by atoms with Gasteiger partial charge in [-0.1, -0.05) is 23.7 Å². The second-order valence-corrected chi connectivity index (χ2v) is 7.79. The number of nitrogens with zero attached hydrogens (tertiary/aromatic N) is 1. The number of ether oxygens (including phenoxy) is 1. The molecule has 0 radical (unpaired) electrons. The van der Waals surface area contributed by atoms with Crippen LogP contribution >= 0.6 is 11.6 Å². The third-order valence-corrected chi connectivity index (χ3v) is 6.74. The lowest BCUT2D eigenvalue weighted by molar-refractivity contribution is -0.223. The Balaban J connectivity index is 1.60. The van der Waals surface area contributed by atoms with Crippen LogP contribution in [0.2, 0.25) is 5.02 Å². The minimum absolute atomic E-state index is 0.275. The number of fused-ring (bicyclic) bond motifs is 7. The van der Waals surface area contributed by atoms with E-state index >= 15 is 0 Å². The van der Waals surface area contributed by atoms with Crippen molar-refractivity contribution in [2.75, 3.05) is 6.61 Å². The molecule has 0 unspecified atom stereocenters. The van der Waals surface area contributed by atoms with E-state index in [4.69, 9.17) is 16.3 Å². The van der Waals surface area contributed by atoms with Gasteiger partial charge in [-0.3, -0.25) is 4.79 Å². The molecule has 2 bridgehead atoms. The Bertz CT molecular complexity index is 630. The molecule has 2 saturated carbocycles. The van der Waals surface area contributed by atoms with Crippen molar-refractivity contribution in [1.29, 1.82) is 0 Å². The van der Waals surface area contributed by atoms with Crippen LogP contribution in [0.4, 0.5) is 0 Å². The minimum Gasteiger partial charge on any atom is -0.351 e. The highest BCUT2D eigenvalue weighted by atomic mass is 35.5. The zero-order chi connectivity index (χ0) is 14.9. The summed E-state index contributed by atoms with van der Waals surface area (Å²) in [5.41, 5.74) is 0.553. The summed E-state index contributed by atoms with van der Waals surface area (Å²) in [7, 11) is 0. The van der Waals surface area contributed by atoms with Gasteiger partial charge in [0.2, 0.25) is 5.91 Å². The summed E-state index contributed by atoms with van der Waals surface area (Å²) in [5, 5.41) is 0.727. The molecule has 4 fully saturated rings. The first-order chi connectivity index (χ1) is 10.7. The Labute approximate surface area is 135 Å². The van der Waals surface area contributed by atoms with Crippen molar-refractivity contribution in [3.8, 4) is 0 Å². The largest absolute Gasteiger partial charge is 0.351 e. The highest BCUT2D eigenvalue weighted by Gasteiger charge is 2.62. The van der Waals surface area contributed by atoms with Crippen LogP contribution in [0.25, 0.3) is 0 Å². The van der Waals surface area contributed by atoms with Crippen molar-refractivity contribution in [3.05, 3.63) is 34.9 Å². The molecular weight excluding hydrogens is 298 g/mol. The van der Waals surface area contributed by atoms with Crippen LogP contribution in [0.5, 0.6) is 0 Å². The SMILES string of the molecule is O=C1CC[C@]2(c3ccc(Cl)cc3)OC[C@H]3[C@H]4CC[C@H](C4)[C@H]3N12. The first kappa shape index (κ1) is 13.4. The predicted octanol–water partition coefficient (Wildman–Crippen LogP) is 3.56. The average Bonchev–Trinajstić information content (AvgIpc) is 3.22. The number of benzene rings is 1. The van der Waals surface area contributed by atoms with E-state index in [-0.39, 0.29) is 5.91 Å². The fourth-order valence-corrected chi connectivity index (χ4v) is 5.72. The Morgan fingerprint density at radius 3 is 2.77 bits per heavy atom. The zero-order valence-electron chi connectivity index (χ0n) is 12.5. The van der Waals surface area contributed by atoms with Crippen LogP contribution < -0.4 is 0 Å². The lowest BCUT2D eigenvalue weighted by Crippen LogP contribution is -2.60. The molecule has 0 spiro atoms. The summed E-state index contributed by atoms with van der Waals surface area (Å²) < 4.78 is 6.41. The predicted molar refractivity (Wildman–Crippen MR) is 83.3 cm³/mol. The Morgan fingerprint density at radius 2 is 1.95 bits per heavy atom. The van der Waals surface area contributed by atoms with Crippen molar-refractivity contribution in [2.45, 2.75) is 43.9 Å². The maximum atomic E-state index is 12.7. The van der Waals surface area contributed by atoms with Crippen molar-refractivity contribution in [2.24, 2.45) is 17.8 Å². The van der Waals surface area contributed by atoms with E-state index in [0.717, 1.165) is 29.5 Å². The molecular formula is C18H20ClNO2. The number of halogens is 1. The van der Waals surface area contributed by atoms with Crippen LogP contribution in [0.3, 0.4) is 0 Å². The molecule has 5 atom stereocenters. The molecule has 22 heavy (non-hydrogen) atoms. The average molecular weight is 318 g/mol. The topological polar surface area (TPSA) is 29.5 Å². The van der Waals surface area contributed by atoms with E-state index in [1.54, 1.807) is 0 Å². The van der Waals surface area contributed by atoms with Gasteiger partial charge in [0.1, 0.15) is 0 Å². The quantitative estimate of drug-likeness (QED) is 0.792. The lowest BCUT2D eigenvalue weighted by atomic mass is 9.81. The molecule has 5 rings (SSSR count). The molecule has 1 amide bonds. The lowest BCUT2D eigenvalue weighted by Gasteiger charge is -2.52. The molecule has 0 aromatic heterocycles. The summed E-state index contributed by atoms with van der Waals surface area (Å²) in [6.07, 6.45) is 5.27. The second kappa shape index (κ2) is 4.48. The first-order valence-corrected chi connectivity index (χ1v) is 8.79. The summed E-state index contributed by atoms with van der Waals surface area (Å²) in [4.78, 5) is 14.8. The van der Waals surface area contributed by atoms with Gasteiger partial charge >= 0.3 is 0 Å². The van der Waals surface area contributed by atoms with Gasteiger partial charge in [-0.25, -0.2) is 0 Å². The van der Waals surface area contributed by atoms with Gasteiger partial charge in [-0.2, -0.15) is 0 Å². The van der Waals surface area contributed by atoms with Crippen molar-refractivity contribution < 1.29 is 9.53 Å². The highest BCUT2D eigenvalue weighted by Crippen LogP contribution is 2.58. The normalized spacial score (nSPS) is 42.6. The smallest absolute Gasteiger partial charge is 0.225 e. The van der Waals surface area contributed by atoms with E-state index in [1.165, 1.54) is 19.3 Å². The van der Waals surface area contributed by atoms with Crippen LogP contribution in [-0.4, -0.2) is 23.5 Å². The number of rotatable bonds is 1. The first-order valence-electron chi connectivity index (χ1n) is 8.41. The molecule has 0 N–H and O–H groups in total. The fraction of sp³-hybridized carbons (Fsp3) is 0.611. The van der Waals surface area contributed by atoms with Crippen molar-refractivity contribution in [3.63, 3.8) is 0 Å². The molecule has 2 saturated heterocycles. The molecule has 1 aromatic rings. The maximum absolute atomic E-state index is 12.7. The van der Waals surface area contributed by atoms with E-state index < -0.39 is 5.72 Å². The number of carbonyl (C=O) groups excluding carboxylic acids is 1. The van der Waals surface area contributed by atoms with Crippen molar-refractivity contribution >= 4 is 17.5 Å². The van der Waals surface area contributed by atoms with Gasteiger partial charge in [0.15, 0.2) is 5.72 Å². The van der Waals surface area contributed by atoms with Gasteiger partial charge in [0, 0.05) is 35.4 Å². The molecule has 2 aliphatic carbocycles. The standard InChI is InChI=1S/C18H20ClNO2/c19-14-5-3-13(4-6-14)18-8-7-16(21)20(18)17-12-2-1-11(9-12)15(17)10-22-18/h3-6,11-12,15,17H,1-2,7-10H2/t11-,12+,15-,17+,18+/m0/s1. The molecule has 2 aliphatic heterocycles. The summed E-state index contributed by atoms with van der Waals surface area (Å²) in [6, 6.07) is 8.27. The number of hydrogen-bond acceptors (Lipinski definition) is 2. The number of amides is 1. The van der Waals surface area contributed by atoms with E-state index in [0.29, 0.717) is 24.3 Å². The number of hydrogen-bond donors (Lipinski definition) is 0. The maximum Gasteiger partial charge on any atom is 0.225 e. The molecule has 3 nitrogen and oxygen atoms in total. The summed E-state index contributed by atoms with van der Waals surface area (Å²) in [6.45, 7) is 0.804. The summed E-state index contributed by atoms with van der Waals surface area (Å²) in [5.74, 6) is 2.29. The van der Waals surface area contributed by atoms with Gasteiger partial charge in [0.05, 0.1) is 6.61 Å². The summed E-state index contributed by atoms with van der Waals surface area (Å²) >= 11 is 6.04. The minimum atomic E-state index is -0.534. The van der Waals surface area contributed by atoms with Gasteiger partial charge < -0.3 is 9.64 Å². The molecule has 116 valence electrons. The van der Waals surface area contributed by atoms with Gasteiger partial charge in [-0.05, 0) is 43.2 Å². The monoisotopic (exact) mass is 317 g/mol. The molecule has 4 aliphatic rings. The third-order valence-electron chi connectivity index (χ3n) is 6.48. The van der Waals surface area contributed by atoms with Crippen LogP contribution in [0.15, 0.2) is 24.3 Å². The fourth-order valence-electron chi connectivity index (χ4n) is 5.60. The Hall–Kier alpha value is -1.06. The number of carbonyl (C=O) groups is 1. The van der Waals surface area contributed by atoms with E-state index in [9.17, 15) is 4.79 Å². The zero-order valence-corrected chi connectivity index (χ0v) is 13.3. The van der Waals surface area contributed by atoms with E-state index in [2.05, 4.69) is 4.90 Å². The van der Waals surface area contributed by atoms with Crippen LogP contribution in [-0.2, 0) is 15.3 Å². The Morgan fingerprint density at radius 1 is 1.18 bits per heavy atom. The highest BCUT2D eigenvalue weighted by molar-refractivity contribution is 6.30. The third kappa shape index (κ3) is 1.59. The van der Waals surface area contributed by atoms with Crippen LogP contribution in [0, 0.1) is 17.8 Å². The Kier molecular flexibility index (Phi) is 2.73. The van der Waals surface area contributed by atoms with E-state index in [1.807, 2.05) is 24.3 Å². The van der Waals surface area contributed by atoms with Crippen molar-refractivity contribution in [1.82, 2.24) is 4.90 Å². The molecule has 1 aromatic carbocycles. The van der Waals surface area contributed by atoms with Gasteiger partial charge in [0.25, 0.3) is 0 Å². The van der Waals surface area contributed by atoms with Crippen LogP contribution in [0.1, 0.15) is 37.7 Å². The molecule has 4 heteroatoms. The van der Waals surface area contributed by atoms with Gasteiger partial charge in [-0.15, -0.1) is 0 Å². The molecule has 2 heterocycles. The second-order valence-electron chi connectivity index (χ2n) is 7.35.